The summed E-state index contributed by atoms with van der Waals surface area (Å²) in [6.07, 6.45) is 16.9. The fraction of sp³-hybridized carbons (Fsp3) is 0.407. The van der Waals surface area contributed by atoms with Gasteiger partial charge >= 0.3 is 0 Å². The van der Waals surface area contributed by atoms with Crippen LogP contribution in [0.2, 0.25) is 0 Å². The molecule has 1 unspecified atom stereocenters. The van der Waals surface area contributed by atoms with E-state index in [2.05, 4.69) is 74.5 Å². The van der Waals surface area contributed by atoms with Gasteiger partial charge < -0.3 is 0 Å². The fourth-order valence-corrected chi connectivity index (χ4v) is 4.58. The quantitative estimate of drug-likeness (QED) is 0.561. The minimum absolute atomic E-state index is 0.634. The first-order chi connectivity index (χ1) is 13.2. The van der Waals surface area contributed by atoms with Crippen molar-refractivity contribution in [2.45, 2.75) is 64.7 Å². The van der Waals surface area contributed by atoms with Crippen LogP contribution < -0.4 is 10.4 Å². The van der Waals surface area contributed by atoms with Crippen LogP contribution in [0.15, 0.2) is 54.1 Å². The van der Waals surface area contributed by atoms with Crippen LogP contribution in [-0.2, 0) is 0 Å². The van der Waals surface area contributed by atoms with Crippen LogP contribution in [0.3, 0.4) is 0 Å². The zero-order valence-corrected chi connectivity index (χ0v) is 16.9. The lowest BCUT2D eigenvalue weighted by Crippen LogP contribution is -2.22. The average molecular weight is 357 g/mol. The molecular weight excluding hydrogens is 324 g/mol. The highest BCUT2D eigenvalue weighted by Crippen LogP contribution is 2.26. The summed E-state index contributed by atoms with van der Waals surface area (Å²) in [5.41, 5.74) is 5.56. The summed E-state index contributed by atoms with van der Waals surface area (Å²) >= 11 is 0. The molecule has 1 atom stereocenters. The van der Waals surface area contributed by atoms with Crippen LogP contribution in [0.4, 0.5) is 0 Å². The molecular formula is C27H32. The van der Waals surface area contributed by atoms with E-state index in [9.17, 15) is 0 Å². The maximum atomic E-state index is 2.54. The third kappa shape index (κ3) is 4.10. The molecule has 2 aromatic carbocycles. The molecule has 1 fully saturated rings. The Hall–Kier alpha value is -2.08. The number of hydrogen-bond acceptors (Lipinski definition) is 0. The summed E-state index contributed by atoms with van der Waals surface area (Å²) in [6.45, 7) is 4.57. The van der Waals surface area contributed by atoms with Crippen molar-refractivity contribution >= 4 is 12.2 Å². The molecule has 140 valence electrons. The number of allylic oxidation sites excluding steroid dienone is 2. The van der Waals surface area contributed by atoms with E-state index >= 15 is 0 Å². The van der Waals surface area contributed by atoms with E-state index < -0.39 is 0 Å². The van der Waals surface area contributed by atoms with Gasteiger partial charge in [-0.15, -0.1) is 0 Å². The predicted molar refractivity (Wildman–Crippen MR) is 118 cm³/mol. The van der Waals surface area contributed by atoms with Crippen molar-refractivity contribution in [2.24, 2.45) is 5.92 Å². The van der Waals surface area contributed by atoms with Crippen molar-refractivity contribution in [1.82, 2.24) is 0 Å². The summed E-state index contributed by atoms with van der Waals surface area (Å²) in [7, 11) is 0. The number of rotatable bonds is 4. The molecule has 2 aliphatic carbocycles. The van der Waals surface area contributed by atoms with Gasteiger partial charge in [0.25, 0.3) is 0 Å². The highest BCUT2D eigenvalue weighted by Gasteiger charge is 2.12. The zero-order valence-electron chi connectivity index (χ0n) is 16.9. The molecule has 0 bridgehead atoms. The number of hydrogen-bond donors (Lipinski definition) is 0. The summed E-state index contributed by atoms with van der Waals surface area (Å²) in [6, 6.07) is 16.0. The Balaban J connectivity index is 1.66. The summed E-state index contributed by atoms with van der Waals surface area (Å²) in [4.78, 5) is 0. The Bertz CT molecular complexity index is 919. The van der Waals surface area contributed by atoms with Crippen LogP contribution in [0.5, 0.6) is 0 Å². The van der Waals surface area contributed by atoms with Gasteiger partial charge in [0.2, 0.25) is 0 Å². The Labute approximate surface area is 164 Å². The van der Waals surface area contributed by atoms with E-state index in [1.165, 1.54) is 77.6 Å². The first-order valence-corrected chi connectivity index (χ1v) is 10.9. The minimum atomic E-state index is 0.634. The monoisotopic (exact) mass is 356 g/mol. The third-order valence-electron chi connectivity index (χ3n) is 6.50. The molecule has 0 heteroatoms. The minimum Gasteiger partial charge on any atom is -0.0741 e. The van der Waals surface area contributed by atoms with Gasteiger partial charge in [0.05, 0.1) is 0 Å². The lowest BCUT2D eigenvalue weighted by atomic mass is 9.95. The Kier molecular flexibility index (Phi) is 5.62. The standard InChI is InChI=1S/C27H32/c1-3-20(2)23-13-15-24(16-14-23)26-12-8-11-25-18-22(19-27(25)26)17-21-9-6-4-5-7-10-21/h8,11-21H,3-7,9-10H2,1-2H3. The van der Waals surface area contributed by atoms with Gasteiger partial charge in [0, 0.05) is 0 Å². The molecule has 0 saturated heterocycles. The summed E-state index contributed by atoms with van der Waals surface area (Å²) < 4.78 is 0. The van der Waals surface area contributed by atoms with Crippen LogP contribution >= 0.6 is 0 Å². The van der Waals surface area contributed by atoms with E-state index in [0.29, 0.717) is 5.92 Å². The van der Waals surface area contributed by atoms with Crippen LogP contribution in [0, 0.1) is 5.92 Å². The number of fused-ring (bicyclic) bond motifs is 1. The molecule has 0 spiro atoms. The van der Waals surface area contributed by atoms with E-state index in [4.69, 9.17) is 0 Å². The Morgan fingerprint density at radius 3 is 2.37 bits per heavy atom. The first kappa shape index (κ1) is 18.3. The smallest absolute Gasteiger partial charge is 0.00994 e. The molecule has 1 saturated carbocycles. The summed E-state index contributed by atoms with van der Waals surface area (Å²) in [5, 5.41) is 2.77. The van der Waals surface area contributed by atoms with Crippen molar-refractivity contribution in [3.63, 3.8) is 0 Å². The van der Waals surface area contributed by atoms with Gasteiger partial charge in [-0.25, -0.2) is 0 Å². The van der Waals surface area contributed by atoms with E-state index in [1.807, 2.05) is 0 Å². The molecule has 0 radical (unpaired) electrons. The van der Waals surface area contributed by atoms with Crippen molar-refractivity contribution in [3.05, 3.63) is 70.1 Å². The fourth-order valence-electron chi connectivity index (χ4n) is 4.58. The predicted octanol–water partition coefficient (Wildman–Crippen LogP) is 6.34. The largest absolute Gasteiger partial charge is 0.0741 e. The van der Waals surface area contributed by atoms with Gasteiger partial charge in [-0.3, -0.25) is 0 Å². The maximum Gasteiger partial charge on any atom is -0.00994 e. The SMILES string of the molecule is CCC(C)c1ccc(-c2cccc3c2=CC(=CC2CCCCCC2)C=3)cc1. The topological polar surface area (TPSA) is 0 Å². The normalized spacial score (nSPS) is 19.9. The molecule has 27 heavy (non-hydrogen) atoms. The second-order valence-corrected chi connectivity index (χ2v) is 8.45. The first-order valence-electron chi connectivity index (χ1n) is 10.9. The molecule has 0 nitrogen and oxygen atoms in total. The Morgan fingerprint density at radius 1 is 0.926 bits per heavy atom. The second kappa shape index (κ2) is 8.30. The van der Waals surface area contributed by atoms with Crippen LogP contribution in [-0.4, -0.2) is 0 Å². The van der Waals surface area contributed by atoms with Gasteiger partial charge in [0.15, 0.2) is 0 Å². The van der Waals surface area contributed by atoms with Crippen molar-refractivity contribution in [1.29, 1.82) is 0 Å². The van der Waals surface area contributed by atoms with Gasteiger partial charge in [-0.2, -0.15) is 0 Å². The van der Waals surface area contributed by atoms with Crippen molar-refractivity contribution in [2.75, 3.05) is 0 Å². The molecule has 0 amide bonds. The molecule has 0 N–H and O–H groups in total. The maximum absolute atomic E-state index is 2.54. The second-order valence-electron chi connectivity index (χ2n) is 8.45. The molecule has 2 aliphatic rings. The Morgan fingerprint density at radius 2 is 1.67 bits per heavy atom. The third-order valence-corrected chi connectivity index (χ3v) is 6.50. The zero-order chi connectivity index (χ0) is 18.6. The lowest BCUT2D eigenvalue weighted by Gasteiger charge is -2.10. The molecule has 0 aromatic heterocycles. The highest BCUT2D eigenvalue weighted by atomic mass is 14.2. The molecule has 0 aliphatic heterocycles. The summed E-state index contributed by atoms with van der Waals surface area (Å²) in [5.74, 6) is 1.40. The highest BCUT2D eigenvalue weighted by molar-refractivity contribution is 5.77. The number of benzene rings is 2. The lowest BCUT2D eigenvalue weighted by molar-refractivity contribution is 0.558. The average Bonchev–Trinajstić information content (AvgIpc) is 2.94. The molecule has 2 aromatic rings. The molecule has 4 rings (SSSR count). The van der Waals surface area contributed by atoms with Crippen LogP contribution in [0.25, 0.3) is 23.3 Å². The van der Waals surface area contributed by atoms with E-state index in [-0.39, 0.29) is 0 Å². The van der Waals surface area contributed by atoms with Crippen molar-refractivity contribution < 1.29 is 0 Å². The molecule has 0 heterocycles. The van der Waals surface area contributed by atoms with E-state index in [0.717, 1.165) is 5.92 Å². The van der Waals surface area contributed by atoms with Gasteiger partial charge in [-0.1, -0.05) is 88.1 Å². The van der Waals surface area contributed by atoms with Gasteiger partial charge in [0.1, 0.15) is 0 Å². The van der Waals surface area contributed by atoms with Gasteiger partial charge in [-0.05, 0) is 76.0 Å². The van der Waals surface area contributed by atoms with Crippen LogP contribution in [0.1, 0.15) is 70.3 Å². The van der Waals surface area contributed by atoms with Crippen molar-refractivity contribution in [3.8, 4) is 11.1 Å². The van der Waals surface area contributed by atoms with E-state index in [1.54, 1.807) is 0 Å².